The first-order chi connectivity index (χ1) is 16.2. The van der Waals surface area contributed by atoms with E-state index >= 15 is 0 Å². The van der Waals surface area contributed by atoms with Gasteiger partial charge in [-0.3, -0.25) is 14.2 Å². The molecule has 0 radical (unpaired) electrons. The van der Waals surface area contributed by atoms with Crippen LogP contribution in [0.3, 0.4) is 0 Å². The van der Waals surface area contributed by atoms with Crippen molar-refractivity contribution in [1.82, 2.24) is 14.5 Å². The normalized spacial score (nSPS) is 14.6. The second-order valence-corrected chi connectivity index (χ2v) is 9.84. The molecule has 0 aliphatic carbocycles. The second-order valence-electron chi connectivity index (χ2n) is 8.78. The minimum absolute atomic E-state index is 0.0245. The van der Waals surface area contributed by atoms with Gasteiger partial charge in [-0.2, -0.15) is 0 Å². The molecule has 4 rings (SSSR count). The molecule has 5 nitrogen and oxygen atoms in total. The number of fused-ring (bicyclic) bond motifs is 1. The summed E-state index contributed by atoms with van der Waals surface area (Å²) in [5.74, 6) is 1.82. The van der Waals surface area contributed by atoms with Crippen molar-refractivity contribution >= 4 is 28.6 Å². The molecule has 1 amide bonds. The number of piperidine rings is 1. The number of benzene rings is 2. The van der Waals surface area contributed by atoms with Gasteiger partial charge in [-0.1, -0.05) is 54.2 Å². The lowest BCUT2D eigenvalue weighted by atomic mass is 9.90. The number of unbranched alkanes of at least 4 members (excludes halogenated alkanes) is 1. The Hall–Kier alpha value is -2.60. The van der Waals surface area contributed by atoms with E-state index in [1.54, 1.807) is 16.3 Å². The summed E-state index contributed by atoms with van der Waals surface area (Å²) in [5, 5.41) is 1.44. The monoisotopic (exact) mass is 463 g/mol. The average molecular weight is 464 g/mol. The van der Waals surface area contributed by atoms with Crippen molar-refractivity contribution in [2.45, 2.75) is 57.1 Å². The van der Waals surface area contributed by atoms with Crippen molar-refractivity contribution in [3.63, 3.8) is 0 Å². The Kier molecular flexibility index (Phi) is 8.21. The molecule has 0 atom stereocenters. The SMILES string of the molecule is CCn1c(SCCCCC(=O)N2CCC(Cc3ccccc3)CC2)nc2ccccc2c1=O. The fourth-order valence-electron chi connectivity index (χ4n) is 4.57. The lowest BCUT2D eigenvalue weighted by Gasteiger charge is -2.32. The fraction of sp³-hybridized carbons (Fsp3) is 0.444. The molecule has 0 spiro atoms. The largest absolute Gasteiger partial charge is 0.343 e. The molecular formula is C27H33N3O2S. The van der Waals surface area contributed by atoms with Crippen LogP contribution in [-0.2, 0) is 17.8 Å². The predicted molar refractivity (Wildman–Crippen MR) is 136 cm³/mol. The Morgan fingerprint density at radius 2 is 1.76 bits per heavy atom. The third kappa shape index (κ3) is 6.05. The van der Waals surface area contributed by atoms with E-state index in [9.17, 15) is 9.59 Å². The van der Waals surface area contributed by atoms with Gasteiger partial charge in [0, 0.05) is 31.8 Å². The van der Waals surface area contributed by atoms with Gasteiger partial charge >= 0.3 is 0 Å². The highest BCUT2D eigenvalue weighted by atomic mass is 32.2. The summed E-state index contributed by atoms with van der Waals surface area (Å²) < 4.78 is 1.75. The summed E-state index contributed by atoms with van der Waals surface area (Å²) in [5.41, 5.74) is 2.17. The molecule has 1 aliphatic heterocycles. The lowest BCUT2D eigenvalue weighted by molar-refractivity contribution is -0.132. The molecule has 6 heteroatoms. The Balaban J connectivity index is 1.19. The smallest absolute Gasteiger partial charge is 0.262 e. The van der Waals surface area contributed by atoms with Crippen LogP contribution in [0, 0.1) is 5.92 Å². The topological polar surface area (TPSA) is 55.2 Å². The summed E-state index contributed by atoms with van der Waals surface area (Å²) >= 11 is 1.62. The van der Waals surface area contributed by atoms with Crippen LogP contribution in [0.2, 0.25) is 0 Å². The van der Waals surface area contributed by atoms with E-state index in [0.717, 1.165) is 61.6 Å². The number of amides is 1. The lowest BCUT2D eigenvalue weighted by Crippen LogP contribution is -2.38. The number of carbonyl (C=O) groups excluding carboxylic acids is 1. The Morgan fingerprint density at radius 1 is 1.03 bits per heavy atom. The Morgan fingerprint density at radius 3 is 2.52 bits per heavy atom. The number of carbonyl (C=O) groups is 1. The van der Waals surface area contributed by atoms with Crippen LogP contribution >= 0.6 is 11.8 Å². The third-order valence-electron chi connectivity index (χ3n) is 6.49. The van der Waals surface area contributed by atoms with Gasteiger partial charge in [0.05, 0.1) is 10.9 Å². The average Bonchev–Trinajstić information content (AvgIpc) is 2.85. The van der Waals surface area contributed by atoms with Crippen LogP contribution in [0.15, 0.2) is 64.5 Å². The number of rotatable bonds is 9. The highest BCUT2D eigenvalue weighted by Gasteiger charge is 2.22. The van der Waals surface area contributed by atoms with Crippen LogP contribution in [0.4, 0.5) is 0 Å². The van der Waals surface area contributed by atoms with Crippen LogP contribution < -0.4 is 5.56 Å². The summed E-state index contributed by atoms with van der Waals surface area (Å²) in [6, 6.07) is 18.2. The molecule has 1 aromatic heterocycles. The van der Waals surface area contributed by atoms with Gasteiger partial charge in [0.1, 0.15) is 0 Å². The maximum absolute atomic E-state index is 12.7. The first kappa shape index (κ1) is 23.6. The van der Waals surface area contributed by atoms with Gasteiger partial charge in [0.2, 0.25) is 5.91 Å². The maximum atomic E-state index is 12.7. The zero-order chi connectivity index (χ0) is 23.0. The molecule has 3 aromatic rings. The van der Waals surface area contributed by atoms with E-state index < -0.39 is 0 Å². The number of nitrogens with zero attached hydrogens (tertiary/aromatic N) is 3. The third-order valence-corrected chi connectivity index (χ3v) is 7.56. The van der Waals surface area contributed by atoms with Gasteiger partial charge in [0.15, 0.2) is 5.16 Å². The number of aromatic nitrogens is 2. The second kappa shape index (κ2) is 11.5. The van der Waals surface area contributed by atoms with Crippen LogP contribution in [0.25, 0.3) is 10.9 Å². The molecular weight excluding hydrogens is 430 g/mol. The number of hydrogen-bond donors (Lipinski definition) is 0. The van der Waals surface area contributed by atoms with E-state index in [1.165, 1.54) is 5.56 Å². The van der Waals surface area contributed by atoms with E-state index in [0.29, 0.717) is 24.3 Å². The summed E-state index contributed by atoms with van der Waals surface area (Å²) in [6.45, 7) is 4.35. The van der Waals surface area contributed by atoms with E-state index in [1.807, 2.05) is 36.1 Å². The van der Waals surface area contributed by atoms with Gasteiger partial charge in [0.25, 0.3) is 5.56 Å². The molecule has 33 heavy (non-hydrogen) atoms. The molecule has 2 heterocycles. The number of para-hydroxylation sites is 1. The highest BCUT2D eigenvalue weighted by molar-refractivity contribution is 7.99. The summed E-state index contributed by atoms with van der Waals surface area (Å²) in [7, 11) is 0. The Labute approximate surface area is 200 Å². The predicted octanol–water partition coefficient (Wildman–Crippen LogP) is 5.16. The molecule has 0 bridgehead atoms. The molecule has 1 fully saturated rings. The van der Waals surface area contributed by atoms with Crippen molar-refractivity contribution in [3.8, 4) is 0 Å². The van der Waals surface area contributed by atoms with Crippen LogP contribution in [0.1, 0.15) is 44.6 Å². The molecule has 0 N–H and O–H groups in total. The van der Waals surface area contributed by atoms with Gasteiger partial charge < -0.3 is 4.90 Å². The minimum Gasteiger partial charge on any atom is -0.343 e. The van der Waals surface area contributed by atoms with Crippen LogP contribution in [-0.4, -0.2) is 39.2 Å². The van der Waals surface area contributed by atoms with Gasteiger partial charge in [-0.25, -0.2) is 4.98 Å². The van der Waals surface area contributed by atoms with Gasteiger partial charge in [-0.15, -0.1) is 0 Å². The van der Waals surface area contributed by atoms with Crippen LogP contribution in [0.5, 0.6) is 0 Å². The van der Waals surface area contributed by atoms with E-state index in [-0.39, 0.29) is 11.5 Å². The highest BCUT2D eigenvalue weighted by Crippen LogP contribution is 2.23. The fourth-order valence-corrected chi connectivity index (χ4v) is 5.63. The van der Waals surface area contributed by atoms with E-state index in [2.05, 4.69) is 30.3 Å². The number of hydrogen-bond acceptors (Lipinski definition) is 4. The first-order valence-electron chi connectivity index (χ1n) is 12.1. The van der Waals surface area contributed by atoms with E-state index in [4.69, 9.17) is 4.98 Å². The molecule has 0 saturated carbocycles. The van der Waals surface area contributed by atoms with Crippen molar-refractivity contribution in [2.75, 3.05) is 18.8 Å². The van der Waals surface area contributed by atoms with Crippen molar-refractivity contribution in [3.05, 3.63) is 70.5 Å². The molecule has 1 aliphatic rings. The quantitative estimate of drug-likeness (QED) is 0.250. The maximum Gasteiger partial charge on any atom is 0.262 e. The Bertz CT molecular complexity index is 1120. The molecule has 0 unspecified atom stereocenters. The zero-order valence-corrected chi connectivity index (χ0v) is 20.2. The number of thioether (sulfide) groups is 1. The van der Waals surface area contributed by atoms with Crippen molar-refractivity contribution < 1.29 is 4.79 Å². The standard InChI is InChI=1S/C27H33N3O2S/c1-2-30-26(32)23-12-6-7-13-24(23)28-27(30)33-19-9-8-14-25(31)29-17-15-22(16-18-29)20-21-10-4-3-5-11-21/h3-7,10-13,22H,2,8-9,14-20H2,1H3. The zero-order valence-electron chi connectivity index (χ0n) is 19.4. The summed E-state index contributed by atoms with van der Waals surface area (Å²) in [4.78, 5) is 32.1. The minimum atomic E-state index is 0.0245. The molecule has 1 saturated heterocycles. The van der Waals surface area contributed by atoms with Gasteiger partial charge in [-0.05, 0) is 62.6 Å². The molecule has 2 aromatic carbocycles. The number of likely N-dealkylation sites (tertiary alicyclic amines) is 1. The van der Waals surface area contributed by atoms with Crippen molar-refractivity contribution in [1.29, 1.82) is 0 Å². The molecule has 174 valence electrons. The summed E-state index contributed by atoms with van der Waals surface area (Å²) in [6.07, 6.45) is 5.73. The first-order valence-corrected chi connectivity index (χ1v) is 13.1. The van der Waals surface area contributed by atoms with Crippen molar-refractivity contribution in [2.24, 2.45) is 5.92 Å².